The Bertz CT molecular complexity index is 392. The SMILES string of the molecule is COCC(Cl)CNC(=O)c1ccc(OC(C)C)cc1. The first-order chi connectivity index (χ1) is 9.02. The Hall–Kier alpha value is -1.26. The summed E-state index contributed by atoms with van der Waals surface area (Å²) < 4.78 is 10.4. The summed E-state index contributed by atoms with van der Waals surface area (Å²) in [7, 11) is 1.57. The van der Waals surface area contributed by atoms with Crippen LogP contribution in [0.5, 0.6) is 5.75 Å². The average Bonchev–Trinajstić information content (AvgIpc) is 2.36. The highest BCUT2D eigenvalue weighted by molar-refractivity contribution is 6.21. The zero-order valence-corrected chi connectivity index (χ0v) is 12.2. The second-order valence-corrected chi connectivity index (χ2v) is 5.07. The van der Waals surface area contributed by atoms with E-state index in [1.165, 1.54) is 0 Å². The number of nitrogens with one attached hydrogen (secondary N) is 1. The number of alkyl halides is 1. The lowest BCUT2D eigenvalue weighted by Crippen LogP contribution is -2.31. The lowest BCUT2D eigenvalue weighted by atomic mass is 10.2. The van der Waals surface area contributed by atoms with E-state index >= 15 is 0 Å². The number of hydrogen-bond acceptors (Lipinski definition) is 3. The molecule has 1 aromatic rings. The van der Waals surface area contributed by atoms with Crippen LogP contribution in [0.2, 0.25) is 0 Å². The highest BCUT2D eigenvalue weighted by Crippen LogP contribution is 2.13. The molecule has 1 atom stereocenters. The predicted molar refractivity (Wildman–Crippen MR) is 76.1 cm³/mol. The van der Waals surface area contributed by atoms with Crippen LogP contribution in [0.4, 0.5) is 0 Å². The normalized spacial score (nSPS) is 12.3. The van der Waals surface area contributed by atoms with E-state index < -0.39 is 0 Å². The number of rotatable bonds is 7. The van der Waals surface area contributed by atoms with Crippen LogP contribution in [-0.4, -0.2) is 37.6 Å². The molecule has 0 heterocycles. The summed E-state index contributed by atoms with van der Waals surface area (Å²) in [6, 6.07) is 7.02. The van der Waals surface area contributed by atoms with Crippen molar-refractivity contribution in [3.63, 3.8) is 0 Å². The quantitative estimate of drug-likeness (QED) is 0.783. The molecule has 1 aromatic carbocycles. The van der Waals surface area contributed by atoms with Crippen LogP contribution in [0.3, 0.4) is 0 Å². The molecule has 0 aliphatic rings. The molecular formula is C14H20ClNO3. The lowest BCUT2D eigenvalue weighted by Gasteiger charge is -2.11. The van der Waals surface area contributed by atoms with E-state index in [4.69, 9.17) is 21.1 Å². The van der Waals surface area contributed by atoms with Crippen LogP contribution in [0.15, 0.2) is 24.3 Å². The minimum Gasteiger partial charge on any atom is -0.491 e. The van der Waals surface area contributed by atoms with E-state index in [2.05, 4.69) is 5.32 Å². The molecule has 19 heavy (non-hydrogen) atoms. The van der Waals surface area contributed by atoms with Crippen LogP contribution < -0.4 is 10.1 Å². The summed E-state index contributed by atoms with van der Waals surface area (Å²) in [6.45, 7) is 4.69. The molecule has 0 saturated heterocycles. The molecule has 1 N–H and O–H groups in total. The summed E-state index contributed by atoms with van der Waals surface area (Å²) in [5.74, 6) is 0.596. The lowest BCUT2D eigenvalue weighted by molar-refractivity contribution is 0.0949. The predicted octanol–water partition coefficient (Wildman–Crippen LogP) is 2.46. The third-order valence-corrected chi connectivity index (χ3v) is 2.60. The minimum atomic E-state index is -0.225. The third kappa shape index (κ3) is 5.94. The number of methoxy groups -OCH3 is 1. The Morgan fingerprint density at radius 1 is 1.32 bits per heavy atom. The Labute approximate surface area is 119 Å². The van der Waals surface area contributed by atoms with Crippen molar-refractivity contribution in [2.24, 2.45) is 0 Å². The van der Waals surface area contributed by atoms with E-state index in [0.717, 1.165) is 5.75 Å². The van der Waals surface area contributed by atoms with Crippen molar-refractivity contribution in [2.45, 2.75) is 25.3 Å². The average molecular weight is 286 g/mol. The fourth-order valence-corrected chi connectivity index (χ4v) is 1.71. The van der Waals surface area contributed by atoms with Gasteiger partial charge in [-0.1, -0.05) is 0 Å². The van der Waals surface area contributed by atoms with Crippen LogP contribution in [0, 0.1) is 0 Å². The second-order valence-electron chi connectivity index (χ2n) is 4.45. The Morgan fingerprint density at radius 2 is 1.95 bits per heavy atom. The minimum absolute atomic E-state index is 0.116. The van der Waals surface area contributed by atoms with Crippen LogP contribution in [0.25, 0.3) is 0 Å². The summed E-state index contributed by atoms with van der Waals surface area (Å²) in [6.07, 6.45) is 0.116. The van der Waals surface area contributed by atoms with E-state index in [-0.39, 0.29) is 17.4 Å². The smallest absolute Gasteiger partial charge is 0.251 e. The zero-order valence-electron chi connectivity index (χ0n) is 11.5. The Kier molecular flexibility index (Phi) is 6.67. The van der Waals surface area contributed by atoms with Gasteiger partial charge in [-0.2, -0.15) is 0 Å². The molecule has 0 spiro atoms. The number of carbonyl (C=O) groups excluding carboxylic acids is 1. The van der Waals surface area contributed by atoms with Gasteiger partial charge in [-0.25, -0.2) is 0 Å². The van der Waals surface area contributed by atoms with Gasteiger partial charge in [0.25, 0.3) is 5.91 Å². The van der Waals surface area contributed by atoms with E-state index in [1.807, 2.05) is 13.8 Å². The Morgan fingerprint density at radius 3 is 2.47 bits per heavy atom. The molecule has 106 valence electrons. The molecule has 0 bridgehead atoms. The van der Waals surface area contributed by atoms with Crippen molar-refractivity contribution < 1.29 is 14.3 Å². The largest absolute Gasteiger partial charge is 0.491 e. The van der Waals surface area contributed by atoms with Gasteiger partial charge >= 0.3 is 0 Å². The van der Waals surface area contributed by atoms with Gasteiger partial charge in [0, 0.05) is 19.2 Å². The molecule has 0 radical (unpaired) electrons. The van der Waals surface area contributed by atoms with Crippen molar-refractivity contribution in [3.8, 4) is 5.75 Å². The molecule has 4 nitrogen and oxygen atoms in total. The number of benzene rings is 1. The molecule has 0 fully saturated rings. The van der Waals surface area contributed by atoms with Gasteiger partial charge in [-0.05, 0) is 38.1 Å². The molecule has 5 heteroatoms. The zero-order chi connectivity index (χ0) is 14.3. The van der Waals surface area contributed by atoms with Gasteiger partial charge < -0.3 is 14.8 Å². The standard InChI is InChI=1S/C14H20ClNO3/c1-10(2)19-13-6-4-11(5-7-13)14(17)16-8-12(15)9-18-3/h4-7,10,12H,8-9H2,1-3H3,(H,16,17). The number of halogens is 1. The van der Waals surface area contributed by atoms with Gasteiger partial charge in [-0.3, -0.25) is 4.79 Å². The topological polar surface area (TPSA) is 47.6 Å². The third-order valence-electron chi connectivity index (χ3n) is 2.32. The number of ether oxygens (including phenoxy) is 2. The maximum absolute atomic E-state index is 11.8. The van der Waals surface area contributed by atoms with Gasteiger partial charge in [-0.15, -0.1) is 11.6 Å². The maximum atomic E-state index is 11.8. The molecule has 0 aromatic heterocycles. The summed E-state index contributed by atoms with van der Waals surface area (Å²) in [5, 5.41) is 2.53. The van der Waals surface area contributed by atoms with Gasteiger partial charge in [0.15, 0.2) is 0 Å². The van der Waals surface area contributed by atoms with Gasteiger partial charge in [0.05, 0.1) is 18.1 Å². The highest BCUT2D eigenvalue weighted by atomic mass is 35.5. The molecule has 0 aliphatic carbocycles. The van der Waals surface area contributed by atoms with Crippen molar-refractivity contribution >= 4 is 17.5 Å². The van der Waals surface area contributed by atoms with Crippen LogP contribution >= 0.6 is 11.6 Å². The van der Waals surface area contributed by atoms with E-state index in [9.17, 15) is 4.79 Å². The van der Waals surface area contributed by atoms with Crippen LogP contribution in [0.1, 0.15) is 24.2 Å². The molecular weight excluding hydrogens is 266 g/mol. The summed E-state index contributed by atoms with van der Waals surface area (Å²) in [5.41, 5.74) is 0.581. The first-order valence-electron chi connectivity index (χ1n) is 6.21. The summed E-state index contributed by atoms with van der Waals surface area (Å²) >= 11 is 5.94. The number of hydrogen-bond donors (Lipinski definition) is 1. The first kappa shape index (κ1) is 15.8. The molecule has 0 saturated carbocycles. The fraction of sp³-hybridized carbons (Fsp3) is 0.500. The Balaban J connectivity index is 2.48. The van der Waals surface area contributed by atoms with Gasteiger partial charge in [0.1, 0.15) is 5.75 Å². The van der Waals surface area contributed by atoms with Crippen molar-refractivity contribution in [2.75, 3.05) is 20.3 Å². The van der Waals surface area contributed by atoms with Crippen molar-refractivity contribution in [1.82, 2.24) is 5.32 Å². The maximum Gasteiger partial charge on any atom is 0.251 e. The fourth-order valence-electron chi connectivity index (χ4n) is 1.50. The second kappa shape index (κ2) is 8.02. The number of carbonyl (C=O) groups is 1. The monoisotopic (exact) mass is 285 g/mol. The molecule has 0 aliphatic heterocycles. The van der Waals surface area contributed by atoms with E-state index in [1.54, 1.807) is 31.4 Å². The van der Waals surface area contributed by atoms with Crippen LogP contribution in [-0.2, 0) is 4.74 Å². The molecule has 1 amide bonds. The summed E-state index contributed by atoms with van der Waals surface area (Å²) in [4.78, 5) is 11.8. The van der Waals surface area contributed by atoms with Crippen molar-refractivity contribution in [3.05, 3.63) is 29.8 Å². The molecule has 1 rings (SSSR count). The first-order valence-corrected chi connectivity index (χ1v) is 6.64. The van der Waals surface area contributed by atoms with Gasteiger partial charge in [0.2, 0.25) is 0 Å². The highest BCUT2D eigenvalue weighted by Gasteiger charge is 2.09. The van der Waals surface area contributed by atoms with Crippen molar-refractivity contribution in [1.29, 1.82) is 0 Å². The van der Waals surface area contributed by atoms with E-state index in [0.29, 0.717) is 18.7 Å². The molecule has 1 unspecified atom stereocenters. The number of amides is 1.